The van der Waals surface area contributed by atoms with Gasteiger partial charge in [0, 0.05) is 50.5 Å². The number of para-hydroxylation sites is 1. The third kappa shape index (κ3) is 2.26. The van der Waals surface area contributed by atoms with E-state index in [0.29, 0.717) is 0 Å². The van der Waals surface area contributed by atoms with E-state index in [2.05, 4.69) is 39.4 Å². The first-order chi connectivity index (χ1) is 9.42. The summed E-state index contributed by atoms with van der Waals surface area (Å²) in [6.07, 6.45) is 4.21. The van der Waals surface area contributed by atoms with Crippen molar-refractivity contribution in [3.05, 3.63) is 29.8 Å². The highest BCUT2D eigenvalue weighted by atomic mass is 15.3. The van der Waals surface area contributed by atoms with E-state index in [1.54, 1.807) is 0 Å². The predicted molar refractivity (Wildman–Crippen MR) is 78.5 cm³/mol. The molecule has 1 saturated heterocycles. The van der Waals surface area contributed by atoms with Crippen LogP contribution < -0.4 is 10.2 Å². The molecule has 1 atom stereocenters. The van der Waals surface area contributed by atoms with Crippen molar-refractivity contribution in [1.82, 2.24) is 10.2 Å². The molecule has 3 nitrogen and oxygen atoms in total. The van der Waals surface area contributed by atoms with Crippen molar-refractivity contribution in [1.29, 1.82) is 0 Å². The monoisotopic (exact) mass is 257 g/mol. The SMILES string of the molecule is c1ccc2c(c1)CNCCN2C1CCN(C2CC2)C1. The second-order valence-corrected chi connectivity index (χ2v) is 6.17. The summed E-state index contributed by atoms with van der Waals surface area (Å²) < 4.78 is 0. The Labute approximate surface area is 115 Å². The quantitative estimate of drug-likeness (QED) is 0.872. The normalized spacial score (nSPS) is 28.2. The van der Waals surface area contributed by atoms with Crippen LogP contribution in [0.3, 0.4) is 0 Å². The smallest absolute Gasteiger partial charge is 0.0430 e. The topological polar surface area (TPSA) is 18.5 Å². The molecular weight excluding hydrogens is 234 g/mol. The standard InChI is InChI=1S/C16H23N3/c1-2-4-16-13(3-1)11-17-8-10-19(16)15-7-9-18(12-15)14-5-6-14/h1-4,14-15,17H,5-12H2. The van der Waals surface area contributed by atoms with Gasteiger partial charge in [0.15, 0.2) is 0 Å². The van der Waals surface area contributed by atoms with Crippen molar-refractivity contribution in [2.24, 2.45) is 0 Å². The highest BCUT2D eigenvalue weighted by Crippen LogP contribution is 2.33. The highest BCUT2D eigenvalue weighted by Gasteiger charge is 2.36. The van der Waals surface area contributed by atoms with E-state index in [1.165, 1.54) is 43.6 Å². The first-order valence-corrected chi connectivity index (χ1v) is 7.71. The Hall–Kier alpha value is -1.06. The maximum Gasteiger partial charge on any atom is 0.0430 e. The van der Waals surface area contributed by atoms with Crippen LogP contribution in [0.15, 0.2) is 24.3 Å². The van der Waals surface area contributed by atoms with Crippen molar-refractivity contribution in [2.75, 3.05) is 31.1 Å². The fourth-order valence-electron chi connectivity index (χ4n) is 3.66. The van der Waals surface area contributed by atoms with Crippen LogP contribution in [0.5, 0.6) is 0 Å². The molecule has 4 rings (SSSR count). The molecule has 3 aliphatic rings. The minimum absolute atomic E-state index is 0.724. The van der Waals surface area contributed by atoms with Gasteiger partial charge in [0.05, 0.1) is 0 Å². The third-order valence-electron chi connectivity index (χ3n) is 4.84. The van der Waals surface area contributed by atoms with Gasteiger partial charge in [-0.2, -0.15) is 0 Å². The fourth-order valence-corrected chi connectivity index (χ4v) is 3.66. The maximum atomic E-state index is 3.55. The lowest BCUT2D eigenvalue weighted by atomic mass is 10.1. The van der Waals surface area contributed by atoms with Gasteiger partial charge in [-0.25, -0.2) is 0 Å². The molecule has 102 valence electrons. The Morgan fingerprint density at radius 3 is 2.79 bits per heavy atom. The predicted octanol–water partition coefficient (Wildman–Crippen LogP) is 1.83. The lowest BCUT2D eigenvalue weighted by Crippen LogP contribution is -2.40. The number of fused-ring (bicyclic) bond motifs is 1. The Kier molecular flexibility index (Phi) is 2.97. The van der Waals surface area contributed by atoms with Crippen molar-refractivity contribution in [3.63, 3.8) is 0 Å². The molecule has 0 bridgehead atoms. The largest absolute Gasteiger partial charge is 0.366 e. The van der Waals surface area contributed by atoms with Crippen LogP contribution in [0.1, 0.15) is 24.8 Å². The van der Waals surface area contributed by atoms with Gasteiger partial charge in [-0.3, -0.25) is 4.90 Å². The maximum absolute atomic E-state index is 3.55. The number of anilines is 1. The summed E-state index contributed by atoms with van der Waals surface area (Å²) in [5.74, 6) is 0. The van der Waals surface area contributed by atoms with Gasteiger partial charge < -0.3 is 10.2 Å². The van der Waals surface area contributed by atoms with Crippen molar-refractivity contribution in [2.45, 2.75) is 37.9 Å². The summed E-state index contributed by atoms with van der Waals surface area (Å²) in [6, 6.07) is 10.6. The number of benzene rings is 1. The van der Waals surface area contributed by atoms with Gasteiger partial charge in [-0.1, -0.05) is 18.2 Å². The molecule has 1 aromatic carbocycles. The molecule has 2 fully saturated rings. The Morgan fingerprint density at radius 2 is 1.89 bits per heavy atom. The second kappa shape index (κ2) is 4.80. The molecule has 0 aromatic heterocycles. The van der Waals surface area contributed by atoms with Gasteiger partial charge in [0.2, 0.25) is 0 Å². The molecule has 0 radical (unpaired) electrons. The molecule has 1 saturated carbocycles. The lowest BCUT2D eigenvalue weighted by molar-refractivity contribution is 0.322. The van der Waals surface area contributed by atoms with Gasteiger partial charge in [-0.15, -0.1) is 0 Å². The van der Waals surface area contributed by atoms with E-state index in [-0.39, 0.29) is 0 Å². The summed E-state index contributed by atoms with van der Waals surface area (Å²) in [6.45, 7) is 5.86. The summed E-state index contributed by atoms with van der Waals surface area (Å²) in [7, 11) is 0. The van der Waals surface area contributed by atoms with E-state index in [0.717, 1.165) is 31.7 Å². The van der Waals surface area contributed by atoms with E-state index >= 15 is 0 Å². The first kappa shape index (κ1) is 11.7. The zero-order valence-corrected chi connectivity index (χ0v) is 11.5. The minimum atomic E-state index is 0.724. The summed E-state index contributed by atoms with van der Waals surface area (Å²) in [5, 5.41) is 3.55. The van der Waals surface area contributed by atoms with Crippen molar-refractivity contribution in [3.8, 4) is 0 Å². The highest BCUT2D eigenvalue weighted by molar-refractivity contribution is 5.55. The van der Waals surface area contributed by atoms with E-state index < -0.39 is 0 Å². The molecule has 1 aromatic rings. The number of likely N-dealkylation sites (tertiary alicyclic amines) is 1. The van der Waals surface area contributed by atoms with Crippen LogP contribution in [0, 0.1) is 0 Å². The molecule has 2 heterocycles. The van der Waals surface area contributed by atoms with Crippen LogP contribution in [0.4, 0.5) is 5.69 Å². The van der Waals surface area contributed by atoms with Gasteiger partial charge in [0.25, 0.3) is 0 Å². The molecule has 19 heavy (non-hydrogen) atoms. The number of nitrogens with one attached hydrogen (secondary N) is 1. The minimum Gasteiger partial charge on any atom is -0.366 e. The average molecular weight is 257 g/mol. The molecule has 0 spiro atoms. The van der Waals surface area contributed by atoms with Crippen LogP contribution in [0.25, 0.3) is 0 Å². The molecule has 3 heteroatoms. The number of hydrogen-bond acceptors (Lipinski definition) is 3. The lowest BCUT2D eigenvalue weighted by Gasteiger charge is -2.31. The van der Waals surface area contributed by atoms with Gasteiger partial charge in [-0.05, 0) is 30.9 Å². The average Bonchev–Trinajstić information content (AvgIpc) is 3.22. The van der Waals surface area contributed by atoms with Crippen LogP contribution in [-0.2, 0) is 6.54 Å². The zero-order chi connectivity index (χ0) is 12.7. The Bertz CT molecular complexity index is 455. The summed E-state index contributed by atoms with van der Waals surface area (Å²) in [5.41, 5.74) is 2.93. The molecule has 2 aliphatic heterocycles. The second-order valence-electron chi connectivity index (χ2n) is 6.17. The molecule has 1 aliphatic carbocycles. The fraction of sp³-hybridized carbons (Fsp3) is 0.625. The van der Waals surface area contributed by atoms with E-state index in [4.69, 9.17) is 0 Å². The van der Waals surface area contributed by atoms with Crippen LogP contribution in [-0.4, -0.2) is 43.2 Å². The van der Waals surface area contributed by atoms with E-state index in [1.807, 2.05) is 0 Å². The number of rotatable bonds is 2. The van der Waals surface area contributed by atoms with E-state index in [9.17, 15) is 0 Å². The molecule has 1 unspecified atom stereocenters. The Balaban J connectivity index is 1.57. The van der Waals surface area contributed by atoms with Gasteiger partial charge >= 0.3 is 0 Å². The molecule has 0 amide bonds. The first-order valence-electron chi connectivity index (χ1n) is 7.71. The zero-order valence-electron chi connectivity index (χ0n) is 11.5. The number of hydrogen-bond donors (Lipinski definition) is 1. The van der Waals surface area contributed by atoms with Crippen LogP contribution in [0.2, 0.25) is 0 Å². The molecular formula is C16H23N3. The summed E-state index contributed by atoms with van der Waals surface area (Å²) >= 11 is 0. The number of nitrogens with zero attached hydrogens (tertiary/aromatic N) is 2. The Morgan fingerprint density at radius 1 is 1.00 bits per heavy atom. The summed E-state index contributed by atoms with van der Waals surface area (Å²) in [4.78, 5) is 5.38. The van der Waals surface area contributed by atoms with Crippen molar-refractivity contribution < 1.29 is 0 Å². The molecule has 1 N–H and O–H groups in total. The van der Waals surface area contributed by atoms with Crippen LogP contribution >= 0.6 is 0 Å². The van der Waals surface area contributed by atoms with Gasteiger partial charge in [0.1, 0.15) is 0 Å². The van der Waals surface area contributed by atoms with Crippen molar-refractivity contribution >= 4 is 5.69 Å². The third-order valence-corrected chi connectivity index (χ3v) is 4.84.